The molecule has 3 aromatic carbocycles. The maximum absolute atomic E-state index is 14.4. The van der Waals surface area contributed by atoms with Gasteiger partial charge in [0.2, 0.25) is 41.4 Å². The quantitative estimate of drug-likeness (QED) is 0.0167. The number of anilines is 5. The summed E-state index contributed by atoms with van der Waals surface area (Å²) in [5.74, 6) is -2.90. The van der Waals surface area contributed by atoms with Gasteiger partial charge in [-0.25, -0.2) is 53.0 Å². The zero-order valence-corrected chi connectivity index (χ0v) is 78.9. The Morgan fingerprint density at radius 1 is 0.535 bits per heavy atom. The summed E-state index contributed by atoms with van der Waals surface area (Å²) in [4.78, 5) is 146. The molecular formula is C78H80Br3Cl4F3N24O11S6. The van der Waals surface area contributed by atoms with Gasteiger partial charge in [-0.05, 0) is 137 Å². The second-order valence-corrected chi connectivity index (χ2v) is 33.0. The van der Waals surface area contributed by atoms with Gasteiger partial charge in [-0.15, -0.1) is 12.4 Å². The van der Waals surface area contributed by atoms with E-state index >= 15 is 0 Å². The molecule has 11 N–H and O–H groups in total. The molecule has 3 aliphatic rings. The number of carbonyl (C=O) groups excluding carboxylic acids is 8. The second kappa shape index (κ2) is 51.3. The molecule has 0 bridgehead atoms. The standard InChI is InChI=1S/C25H22BrFN8O4.C25H22BrFN8O3.C15H13N5O3.C10H11BrFN3O.CHCl3.2CH4.ClH.S3.S2.H2S/c1-13(36)23-17-7-14(15-9-29-25(28)35(39)10-15)5-6-18(17)34(32-23)12-22(37)33-11-16(27)8-19(33)24(38)31-21-4-2-3-20(26)30-21;1-13(36)23-17-7-14(15-9-29-25(28)30-10-15)5-6-18(17)35(33-23)12-22(37)34-11-16(27)8-19(34)24(38)32-21-4-2-3-20(26)31-21;1-8(21)14-11-4-9(10-5-17-15(16)18-6-10)2-3-12(11)20(19-14)7-13(22)23;11-8-2-1-3-9(14-8)15-10(16)7-4-6(12)5-13-7;2-1(3)4;;;;1-3-2;1-2;/h2-7,9-10,16,19,28,39H,8,11-12H2,1H3,(H,30,31,38);2-7,9-10,16,19H,8,11-12H2,1H3,(H2,28,29,30)(H,31,32,38);2-6H,7H2,1H3,(H,22,23)(H2,16,17,18);1-3,6-7,13H,4-5H2,(H,14,15,16);1H;2*1H4;1H;;;1H2/t2*16-,19+;;6-,7+;;;;;;;/m11.1......./s1. The molecule has 51 heteroatoms. The Balaban J connectivity index is 0.000000304. The summed E-state index contributed by atoms with van der Waals surface area (Å²) in [7, 11) is 0.917. The van der Waals surface area contributed by atoms with Crippen molar-refractivity contribution in [1.82, 2.24) is 89.1 Å². The van der Waals surface area contributed by atoms with Gasteiger partial charge < -0.3 is 52.8 Å². The molecule has 12 aromatic rings. The fraction of sp³-hybridized carbons (Fsp3) is 0.269. The smallest absolute Gasteiger partial charge is 0.325 e. The Kier molecular flexibility index (Phi) is 43.4. The number of aliphatic carboxylic acids is 1. The Hall–Kier alpha value is -10.4. The normalized spacial score (nSPS) is 15.5. The maximum Gasteiger partial charge on any atom is 0.325 e. The number of carboxylic acids is 1. The third-order valence-electron chi connectivity index (χ3n) is 18.3. The molecule has 9 aromatic heterocycles. The number of pyridine rings is 3. The molecule has 0 radical (unpaired) electrons. The average Bonchev–Trinajstić information content (AvgIpc) is 1.60. The number of amides is 5. The van der Waals surface area contributed by atoms with Crippen LogP contribution in [0.25, 0.3) is 66.1 Å². The molecule has 12 heterocycles. The van der Waals surface area contributed by atoms with Crippen LogP contribution in [0.2, 0.25) is 0 Å². The Labute approximate surface area is 809 Å². The summed E-state index contributed by atoms with van der Waals surface area (Å²) in [6.07, 6.45) is 5.31. The summed E-state index contributed by atoms with van der Waals surface area (Å²) in [6, 6.07) is 28.3. The molecule has 3 aliphatic heterocycles. The van der Waals surface area contributed by atoms with E-state index in [1.165, 1.54) is 57.0 Å². The molecular weight excluding hydrogens is 2080 g/mol. The van der Waals surface area contributed by atoms with Crippen molar-refractivity contribution in [2.75, 3.05) is 47.1 Å². The van der Waals surface area contributed by atoms with Crippen molar-refractivity contribution in [3.8, 4) is 33.4 Å². The number of likely N-dealkylation sites (tertiary alicyclic amines) is 2. The third-order valence-corrected chi connectivity index (χ3v) is 19.6. The second-order valence-electron chi connectivity index (χ2n) is 26.9. The van der Waals surface area contributed by atoms with Gasteiger partial charge in [0, 0.05) is 164 Å². The molecule has 0 unspecified atom stereocenters. The molecule has 0 saturated carbocycles. The van der Waals surface area contributed by atoms with Crippen molar-refractivity contribution >= 4 is 277 Å². The van der Waals surface area contributed by atoms with E-state index < -0.39 is 70.5 Å². The number of nitrogens with one attached hydrogen (secondary N) is 5. The van der Waals surface area contributed by atoms with E-state index in [-0.39, 0.29) is 169 Å². The molecule has 35 nitrogen and oxygen atoms in total. The van der Waals surface area contributed by atoms with Crippen LogP contribution in [-0.4, -0.2) is 207 Å². The first-order chi connectivity index (χ1) is 59.5. The van der Waals surface area contributed by atoms with Crippen LogP contribution in [-0.2, 0) is 102 Å². The van der Waals surface area contributed by atoms with Crippen LogP contribution in [0.4, 0.5) is 42.5 Å². The number of nitrogens with two attached hydrogens (primary N) is 2. The first kappa shape index (κ1) is 109. The van der Waals surface area contributed by atoms with Gasteiger partial charge in [-0.2, -0.15) is 33.5 Å². The van der Waals surface area contributed by atoms with E-state index in [1.807, 2.05) is 0 Å². The van der Waals surface area contributed by atoms with Crippen LogP contribution in [0.1, 0.15) is 86.4 Å². The number of fused-ring (bicyclic) bond motifs is 3. The van der Waals surface area contributed by atoms with Crippen LogP contribution in [0.5, 0.6) is 0 Å². The highest BCUT2D eigenvalue weighted by molar-refractivity contribution is 9.11. The fourth-order valence-corrected chi connectivity index (χ4v) is 13.9. The summed E-state index contributed by atoms with van der Waals surface area (Å²) in [5, 5.41) is 51.4. The Morgan fingerprint density at radius 2 is 0.860 bits per heavy atom. The van der Waals surface area contributed by atoms with Gasteiger partial charge in [-0.1, -0.05) is 86.1 Å². The largest absolute Gasteiger partial charge is 0.480 e. The average molecular weight is 2160 g/mol. The molecule has 0 aliphatic carbocycles. The first-order valence-corrected chi connectivity index (χ1v) is 44.0. The number of carbonyl (C=O) groups is 9. The van der Waals surface area contributed by atoms with E-state index in [1.54, 1.807) is 134 Å². The lowest BCUT2D eigenvalue weighted by Crippen LogP contribution is -2.44. The molecule has 15 rings (SSSR count). The molecule has 3 fully saturated rings. The topological polar surface area (TPSA) is 486 Å². The number of hydrogen-bond donors (Lipinski definition) is 9. The number of hydrogen-bond acceptors (Lipinski definition) is 29. The SMILES string of the molecule is C.C.CC(=O)c1nn(CC(=O)N2C[C@H](F)C[C@H]2C(=O)Nc2cccc(Br)n2)c2ccc(-c3cnc(=N)n(O)c3)cc12.CC(=O)c1nn(CC(=O)N2C[C@H](F)C[C@H]2C(=O)Nc2cccc(Br)n2)c2ccc(-c3cnc(N)nc3)cc12.CC(=O)c1nn(CC(=O)O)c2ccc(-c3cnc(N)nc3)cc12.Cl.ClC(Cl)Cl.O=C(Nc1cccc(Br)n1)[C@@H]1C[C@@H](F)CN1.S.S=S.S=S=S. The number of alkyl halides is 6. The lowest BCUT2D eigenvalue weighted by Gasteiger charge is -2.23. The number of aromatic nitrogens is 15. The minimum Gasteiger partial charge on any atom is -0.480 e. The van der Waals surface area contributed by atoms with Gasteiger partial charge >= 0.3 is 5.97 Å². The Bertz CT molecular complexity index is 6140. The highest BCUT2D eigenvalue weighted by atomic mass is 79.9. The summed E-state index contributed by atoms with van der Waals surface area (Å²) >= 11 is 39.7. The third kappa shape index (κ3) is 30.1. The number of carboxylic acid groups (broad SMARTS) is 1. The monoisotopic (exact) mass is 2150 g/mol. The molecule has 684 valence electrons. The van der Waals surface area contributed by atoms with Crippen molar-refractivity contribution in [2.24, 2.45) is 0 Å². The van der Waals surface area contributed by atoms with E-state index in [0.29, 0.717) is 73.8 Å². The number of Topliss-reactive ketones (excluding diaryl/α,β-unsaturated/α-hetero) is 3. The van der Waals surface area contributed by atoms with Crippen LogP contribution in [0, 0.1) is 5.41 Å². The van der Waals surface area contributed by atoms with Crippen molar-refractivity contribution < 1.29 is 66.6 Å². The molecule has 0 spiro atoms. The number of ketones is 3. The van der Waals surface area contributed by atoms with E-state index in [0.717, 1.165) is 25.6 Å². The van der Waals surface area contributed by atoms with E-state index in [4.69, 9.17) is 56.8 Å². The maximum atomic E-state index is 14.4. The number of nitrogen functional groups attached to an aromatic ring is 2. The van der Waals surface area contributed by atoms with Crippen molar-refractivity contribution in [3.05, 3.63) is 183 Å². The van der Waals surface area contributed by atoms with Gasteiger partial charge in [0.25, 0.3) is 5.62 Å². The summed E-state index contributed by atoms with van der Waals surface area (Å²) < 4.78 is 47.2. The van der Waals surface area contributed by atoms with E-state index in [9.17, 15) is 61.5 Å². The van der Waals surface area contributed by atoms with Gasteiger partial charge in [0.15, 0.2) is 21.6 Å². The highest BCUT2D eigenvalue weighted by Gasteiger charge is 2.42. The lowest BCUT2D eigenvalue weighted by atomic mass is 10.0. The van der Waals surface area contributed by atoms with Gasteiger partial charge in [0.05, 0.1) is 41.9 Å². The minimum atomic E-state index is -1.37. The van der Waals surface area contributed by atoms with Gasteiger partial charge in [-0.3, -0.25) is 62.6 Å². The van der Waals surface area contributed by atoms with Crippen LogP contribution >= 0.6 is 108 Å². The molecule has 5 amide bonds. The number of benzene rings is 3. The van der Waals surface area contributed by atoms with Crippen LogP contribution in [0.3, 0.4) is 0 Å². The number of halogens is 10. The first-order valence-electron chi connectivity index (χ1n) is 36.4. The zero-order chi connectivity index (χ0) is 91.2. The van der Waals surface area contributed by atoms with Gasteiger partial charge in [0.1, 0.15) is 98.6 Å². The summed E-state index contributed by atoms with van der Waals surface area (Å²) in [5.41, 5.74) is 16.9. The summed E-state index contributed by atoms with van der Waals surface area (Å²) in [6.45, 7) is 3.00. The zero-order valence-electron chi connectivity index (χ0n) is 65.9. The van der Waals surface area contributed by atoms with E-state index in [2.05, 4.69) is 169 Å². The number of nitrogens with zero attached hydrogens (tertiary/aromatic N) is 17. The predicted molar refractivity (Wildman–Crippen MR) is 514 cm³/mol. The molecule has 6 atom stereocenters. The van der Waals surface area contributed by atoms with Crippen molar-refractivity contribution in [2.45, 2.75) is 115 Å². The molecule has 129 heavy (non-hydrogen) atoms. The minimum absolute atomic E-state index is 0. The fourth-order valence-electron chi connectivity index (χ4n) is 12.9. The highest BCUT2D eigenvalue weighted by Crippen LogP contribution is 2.33. The number of rotatable bonds is 18. The lowest BCUT2D eigenvalue weighted by molar-refractivity contribution is -0.138. The van der Waals surface area contributed by atoms with Crippen LogP contribution < -0.4 is 38.4 Å². The van der Waals surface area contributed by atoms with Crippen molar-refractivity contribution in [3.63, 3.8) is 0 Å². The molecule has 3 saturated heterocycles. The van der Waals surface area contributed by atoms with Crippen molar-refractivity contribution in [1.29, 1.82) is 5.41 Å². The van der Waals surface area contributed by atoms with Crippen LogP contribution in [0.15, 0.2) is 160 Å². The predicted octanol–water partition coefficient (Wildman–Crippen LogP) is 12.2. The Morgan fingerprint density at radius 3 is 1.17 bits per heavy atom.